The molecule has 4 nitrogen and oxygen atoms in total. The van der Waals surface area contributed by atoms with Gasteiger partial charge in [-0.15, -0.1) is 0 Å². The molecule has 0 aliphatic carbocycles. The summed E-state index contributed by atoms with van der Waals surface area (Å²) in [5.41, 5.74) is 0. The fourth-order valence-corrected chi connectivity index (χ4v) is 11.0. The zero-order valence-corrected chi connectivity index (χ0v) is 38.2. The average molecular weight is 881 g/mol. The van der Waals surface area contributed by atoms with Crippen molar-refractivity contribution in [2.24, 2.45) is 0 Å². The van der Waals surface area contributed by atoms with E-state index in [4.69, 9.17) is 18.9 Å². The van der Waals surface area contributed by atoms with E-state index in [0.717, 1.165) is 87.8 Å². The predicted octanol–water partition coefficient (Wildman–Crippen LogP) is 16.1. The Bertz CT molecular complexity index is 1910. The molecule has 16 aliphatic heterocycles. The zero-order chi connectivity index (χ0) is 40.1. The maximum atomic E-state index is 6.38. The van der Waals surface area contributed by atoms with Gasteiger partial charge in [-0.2, -0.15) is 0 Å². The third-order valence-corrected chi connectivity index (χ3v) is 14.8. The van der Waals surface area contributed by atoms with Crippen LogP contribution in [0.25, 0.3) is 0 Å². The van der Waals surface area contributed by atoms with Crippen LogP contribution in [0, 0.1) is 0 Å². The van der Waals surface area contributed by atoms with Crippen LogP contribution >= 0.6 is 70.6 Å². The van der Waals surface area contributed by atoms with Gasteiger partial charge in [-0.1, -0.05) is 98.3 Å². The first kappa shape index (κ1) is 42.7. The SMILES string of the molecule is CCCOc1cc2c(OCCC)cc1Sc1ccc(cc1)Sc1ccc(cc1)Sc1cc(OCCC)c(cc1OCCC)Sc1ccc(cc1)Sc1ccc(cc1)S2. The summed E-state index contributed by atoms with van der Waals surface area (Å²) in [6.45, 7) is 11.2. The van der Waals surface area contributed by atoms with E-state index in [1.807, 2.05) is 0 Å². The maximum Gasteiger partial charge on any atom is 0.134 e. The van der Waals surface area contributed by atoms with Gasteiger partial charge in [0.15, 0.2) is 0 Å². The monoisotopic (exact) mass is 880 g/mol. The quantitative estimate of drug-likeness (QED) is 0.118. The van der Waals surface area contributed by atoms with E-state index in [1.54, 1.807) is 70.6 Å². The van der Waals surface area contributed by atoms with Gasteiger partial charge in [-0.3, -0.25) is 0 Å². The second kappa shape index (κ2) is 21.7. The lowest BCUT2D eigenvalue weighted by Crippen LogP contribution is -2.00. The molecule has 12 bridgehead atoms. The van der Waals surface area contributed by atoms with Crippen LogP contribution in [0.15, 0.2) is 180 Å². The van der Waals surface area contributed by atoms with E-state index in [0.29, 0.717) is 26.4 Å². The summed E-state index contributed by atoms with van der Waals surface area (Å²) in [5, 5.41) is 0. The van der Waals surface area contributed by atoms with Gasteiger partial charge < -0.3 is 18.9 Å². The molecule has 16 heterocycles. The summed E-state index contributed by atoms with van der Waals surface area (Å²) in [6.07, 6.45) is 3.74. The zero-order valence-electron chi connectivity index (χ0n) is 33.3. The highest BCUT2D eigenvalue weighted by Crippen LogP contribution is 2.47. The van der Waals surface area contributed by atoms with Gasteiger partial charge in [0.1, 0.15) is 23.0 Å². The molecule has 16 aliphatic rings. The topological polar surface area (TPSA) is 36.9 Å². The van der Waals surface area contributed by atoms with E-state index in [9.17, 15) is 0 Å². The molecule has 300 valence electrons. The molecule has 0 spiro atoms. The van der Waals surface area contributed by atoms with E-state index in [-0.39, 0.29) is 0 Å². The first-order valence-electron chi connectivity index (χ1n) is 19.8. The van der Waals surface area contributed by atoms with Crippen molar-refractivity contribution in [1.29, 1.82) is 0 Å². The van der Waals surface area contributed by atoms with Gasteiger partial charge in [-0.25, -0.2) is 0 Å². The number of hydrogen-bond donors (Lipinski definition) is 0. The normalized spacial score (nSPS) is 12.6. The summed E-state index contributed by atoms with van der Waals surface area (Å²) in [4.78, 5) is 13.5. The molecule has 22 rings (SSSR count). The standard InChI is InChI=1S/C48H48O4S6/c1-5-25-49-41-29-46-42(50-26-6-2)30-45(41)55-37-17-9-33(10-18-37)53-35-13-21-39(22-14-35)57-47-31-44(52-28-8-4)48(32-43(47)51-27-7-3)58-40-23-15-36(16-24-40)54-34-11-19-38(56-46)20-12-34/h9-24,29-32H,5-8,25-28H2,1-4H3. The molecule has 0 amide bonds. The molecule has 6 aromatic rings. The van der Waals surface area contributed by atoms with Gasteiger partial charge in [-0.05, 0) is 147 Å². The fourth-order valence-electron chi connectivity index (χ4n) is 5.75. The predicted molar refractivity (Wildman–Crippen MR) is 247 cm³/mol. The number of hydrogen-bond acceptors (Lipinski definition) is 10. The van der Waals surface area contributed by atoms with Crippen LogP contribution in [0.1, 0.15) is 53.4 Å². The fraction of sp³-hybridized carbons (Fsp3) is 0.250. The first-order valence-corrected chi connectivity index (χ1v) is 24.7. The van der Waals surface area contributed by atoms with Crippen LogP contribution in [0.4, 0.5) is 0 Å². The number of benzene rings is 6. The summed E-state index contributed by atoms with van der Waals surface area (Å²) in [6, 6.07) is 43.8. The Morgan fingerprint density at radius 2 is 0.448 bits per heavy atom. The van der Waals surface area contributed by atoms with Crippen LogP contribution in [0.5, 0.6) is 23.0 Å². The molecular formula is C48H48O4S6. The lowest BCUT2D eigenvalue weighted by atomic mass is 10.3. The molecule has 0 radical (unpaired) electrons. The largest absolute Gasteiger partial charge is 0.492 e. The van der Waals surface area contributed by atoms with E-state index < -0.39 is 0 Å². The lowest BCUT2D eigenvalue weighted by Gasteiger charge is -2.17. The third kappa shape index (κ3) is 11.9. The summed E-state index contributed by atoms with van der Waals surface area (Å²) < 4.78 is 25.5. The molecule has 0 N–H and O–H groups in total. The van der Waals surface area contributed by atoms with Gasteiger partial charge in [0.2, 0.25) is 0 Å². The molecule has 58 heavy (non-hydrogen) atoms. The van der Waals surface area contributed by atoms with Crippen molar-refractivity contribution in [2.75, 3.05) is 26.4 Å². The molecule has 0 atom stereocenters. The van der Waals surface area contributed by atoms with Gasteiger partial charge >= 0.3 is 0 Å². The van der Waals surface area contributed by atoms with Crippen molar-refractivity contribution >= 4 is 70.6 Å². The lowest BCUT2D eigenvalue weighted by molar-refractivity contribution is 0.296. The summed E-state index contributed by atoms with van der Waals surface area (Å²) in [5.74, 6) is 3.53. The molecule has 0 saturated heterocycles. The van der Waals surface area contributed by atoms with Crippen LogP contribution < -0.4 is 18.9 Å². The second-order valence-corrected chi connectivity index (χ2v) is 20.1. The van der Waals surface area contributed by atoms with Crippen molar-refractivity contribution in [3.05, 3.63) is 121 Å². The van der Waals surface area contributed by atoms with Crippen molar-refractivity contribution < 1.29 is 18.9 Å². The van der Waals surface area contributed by atoms with Crippen molar-refractivity contribution in [3.63, 3.8) is 0 Å². The minimum atomic E-state index is 0.652. The van der Waals surface area contributed by atoms with E-state index >= 15 is 0 Å². The highest BCUT2D eigenvalue weighted by Gasteiger charge is 2.18. The Labute approximate surface area is 369 Å². The van der Waals surface area contributed by atoms with E-state index in [2.05, 4.69) is 149 Å². The Kier molecular flexibility index (Phi) is 16.0. The molecule has 0 saturated carbocycles. The Morgan fingerprint density at radius 3 is 0.621 bits per heavy atom. The van der Waals surface area contributed by atoms with Gasteiger partial charge in [0.25, 0.3) is 0 Å². The minimum Gasteiger partial charge on any atom is -0.492 e. The molecule has 0 aromatic heterocycles. The maximum absolute atomic E-state index is 6.38. The van der Waals surface area contributed by atoms with Crippen LogP contribution in [0.2, 0.25) is 0 Å². The van der Waals surface area contributed by atoms with Gasteiger partial charge in [0, 0.05) is 39.2 Å². The smallest absolute Gasteiger partial charge is 0.134 e. The van der Waals surface area contributed by atoms with Crippen LogP contribution in [-0.4, -0.2) is 26.4 Å². The van der Waals surface area contributed by atoms with Crippen LogP contribution in [0.3, 0.4) is 0 Å². The minimum absolute atomic E-state index is 0.652. The van der Waals surface area contributed by atoms with Gasteiger partial charge in [0.05, 0.1) is 46.0 Å². The molecule has 10 heteroatoms. The van der Waals surface area contributed by atoms with E-state index in [1.165, 1.54) is 19.6 Å². The summed E-state index contributed by atoms with van der Waals surface area (Å²) in [7, 11) is 0. The number of ether oxygens (including phenoxy) is 4. The highest BCUT2D eigenvalue weighted by molar-refractivity contribution is 8.01. The van der Waals surface area contributed by atoms with Crippen molar-refractivity contribution in [2.45, 2.75) is 112 Å². The molecule has 0 unspecified atom stereocenters. The van der Waals surface area contributed by atoms with Crippen molar-refractivity contribution in [1.82, 2.24) is 0 Å². The molecule has 6 aromatic carbocycles. The highest BCUT2D eigenvalue weighted by atomic mass is 32.2. The second-order valence-electron chi connectivity index (χ2n) is 13.4. The van der Waals surface area contributed by atoms with Crippen LogP contribution in [-0.2, 0) is 0 Å². The van der Waals surface area contributed by atoms with Crippen molar-refractivity contribution in [3.8, 4) is 23.0 Å². The Hall–Kier alpha value is -3.38. The summed E-state index contributed by atoms with van der Waals surface area (Å²) >= 11 is 10.4. The Morgan fingerprint density at radius 1 is 0.276 bits per heavy atom. The number of rotatable bonds is 12. The Balaban J connectivity index is 1.24. The molecule has 0 fully saturated rings. The average Bonchev–Trinajstić information content (AvgIpc) is 3.24. The molecular weight excluding hydrogens is 833 g/mol. The first-order chi connectivity index (χ1) is 28.5. The third-order valence-electron chi connectivity index (χ3n) is 8.54.